The number of hydrogen-bond donors (Lipinski definition) is 0. The number of aromatic nitrogens is 2. The summed E-state index contributed by atoms with van der Waals surface area (Å²) < 4.78 is 39.3. The van der Waals surface area contributed by atoms with E-state index < -0.39 is 28.9 Å². The minimum atomic E-state index is -0.995. The first-order valence-electron chi connectivity index (χ1n) is 8.16. The predicted molar refractivity (Wildman–Crippen MR) is 96.5 cm³/mol. The van der Waals surface area contributed by atoms with Gasteiger partial charge in [0.1, 0.15) is 11.4 Å². The molecule has 3 rings (SSSR count). The molecule has 8 heteroatoms. The molecule has 0 atom stereocenters. The Labute approximate surface area is 154 Å². The number of hydrogen-bond acceptors (Lipinski definition) is 6. The maximum atomic E-state index is 15.0. The third kappa shape index (κ3) is 3.38. The van der Waals surface area contributed by atoms with Crippen molar-refractivity contribution in [2.45, 2.75) is 6.92 Å². The summed E-state index contributed by atoms with van der Waals surface area (Å²) >= 11 is 0. The highest BCUT2D eigenvalue weighted by Gasteiger charge is 2.27. The van der Waals surface area contributed by atoms with Crippen molar-refractivity contribution in [2.75, 3.05) is 25.7 Å². The first kappa shape index (κ1) is 18.5. The summed E-state index contributed by atoms with van der Waals surface area (Å²) in [5, 5.41) is 0. The van der Waals surface area contributed by atoms with Gasteiger partial charge in [0.05, 0.1) is 36.6 Å². The molecule has 0 radical (unpaired) electrons. The van der Waals surface area contributed by atoms with Crippen molar-refractivity contribution in [3.8, 4) is 5.75 Å². The molecule has 1 aromatic heterocycles. The Kier molecular flexibility index (Phi) is 5.16. The number of halogens is 2. The van der Waals surface area contributed by atoms with Crippen molar-refractivity contribution >= 4 is 28.5 Å². The monoisotopic (exact) mass is 373 g/mol. The van der Waals surface area contributed by atoms with Crippen LogP contribution in [0.25, 0.3) is 11.0 Å². The molecule has 1 heterocycles. The van der Waals surface area contributed by atoms with Gasteiger partial charge < -0.3 is 14.4 Å². The maximum Gasteiger partial charge on any atom is 0.345 e. The van der Waals surface area contributed by atoms with Crippen molar-refractivity contribution in [1.82, 2.24) is 9.97 Å². The van der Waals surface area contributed by atoms with Crippen molar-refractivity contribution < 1.29 is 23.0 Å². The average molecular weight is 373 g/mol. The third-order valence-corrected chi connectivity index (χ3v) is 3.98. The second-order valence-corrected chi connectivity index (χ2v) is 5.60. The Balaban J connectivity index is 2.09. The fourth-order valence-electron chi connectivity index (χ4n) is 2.65. The van der Waals surface area contributed by atoms with Crippen molar-refractivity contribution in [1.29, 1.82) is 0 Å². The fourth-order valence-corrected chi connectivity index (χ4v) is 2.65. The topological polar surface area (TPSA) is 64.5 Å². The number of fused-ring (bicyclic) bond motifs is 1. The van der Waals surface area contributed by atoms with Crippen LogP contribution in [0.2, 0.25) is 0 Å². The molecule has 0 bridgehead atoms. The SMILES string of the molecule is CCOC(=O)c1c(F)cc(N(C)c2cnc3ccccc3n2)c(F)c1OC. The molecular weight excluding hydrogens is 356 g/mol. The van der Waals surface area contributed by atoms with Crippen LogP contribution in [0.1, 0.15) is 17.3 Å². The predicted octanol–water partition coefficient (Wildman–Crippen LogP) is 3.86. The Morgan fingerprint density at radius 1 is 1.22 bits per heavy atom. The summed E-state index contributed by atoms with van der Waals surface area (Å²) in [4.78, 5) is 22.0. The van der Waals surface area contributed by atoms with Crippen LogP contribution in [0.15, 0.2) is 36.5 Å². The molecule has 6 nitrogen and oxygen atoms in total. The van der Waals surface area contributed by atoms with E-state index in [1.165, 1.54) is 18.1 Å². The minimum Gasteiger partial charge on any atom is -0.493 e. The van der Waals surface area contributed by atoms with Crippen LogP contribution in [0.4, 0.5) is 20.3 Å². The lowest BCUT2D eigenvalue weighted by Gasteiger charge is -2.21. The van der Waals surface area contributed by atoms with Gasteiger partial charge in [-0.05, 0) is 19.1 Å². The number of anilines is 2. The van der Waals surface area contributed by atoms with Gasteiger partial charge in [0.25, 0.3) is 0 Å². The summed E-state index contributed by atoms with van der Waals surface area (Å²) in [6.45, 7) is 1.59. The molecule has 0 aliphatic carbocycles. The molecule has 0 fully saturated rings. The summed E-state index contributed by atoms with van der Waals surface area (Å²) in [7, 11) is 2.67. The Hall–Kier alpha value is -3.29. The number of carbonyl (C=O) groups excluding carboxylic acids is 1. The largest absolute Gasteiger partial charge is 0.493 e. The lowest BCUT2D eigenvalue weighted by atomic mass is 10.1. The van der Waals surface area contributed by atoms with Gasteiger partial charge in [-0.25, -0.2) is 18.6 Å². The van der Waals surface area contributed by atoms with Gasteiger partial charge in [0.15, 0.2) is 17.4 Å². The number of benzene rings is 2. The van der Waals surface area contributed by atoms with Crippen LogP contribution < -0.4 is 9.64 Å². The quantitative estimate of drug-likeness (QED) is 0.633. The van der Waals surface area contributed by atoms with E-state index in [1.807, 2.05) is 6.07 Å². The van der Waals surface area contributed by atoms with E-state index >= 15 is 0 Å². The number of para-hydroxylation sites is 2. The van der Waals surface area contributed by atoms with Gasteiger partial charge in [-0.15, -0.1) is 0 Å². The lowest BCUT2D eigenvalue weighted by molar-refractivity contribution is 0.0516. The van der Waals surface area contributed by atoms with Gasteiger partial charge in [0, 0.05) is 13.1 Å². The second-order valence-electron chi connectivity index (χ2n) is 5.60. The molecule has 0 spiro atoms. The molecule has 2 aromatic carbocycles. The summed E-state index contributed by atoms with van der Waals surface area (Å²) in [6, 6.07) is 8.10. The van der Waals surface area contributed by atoms with Crippen molar-refractivity contribution in [2.24, 2.45) is 0 Å². The van der Waals surface area contributed by atoms with E-state index in [9.17, 15) is 13.6 Å². The molecule has 0 aliphatic heterocycles. The Morgan fingerprint density at radius 2 is 1.93 bits per heavy atom. The van der Waals surface area contributed by atoms with Crippen LogP contribution in [0.3, 0.4) is 0 Å². The number of carbonyl (C=O) groups is 1. The van der Waals surface area contributed by atoms with E-state index in [-0.39, 0.29) is 12.3 Å². The Morgan fingerprint density at radius 3 is 2.59 bits per heavy atom. The van der Waals surface area contributed by atoms with Crippen LogP contribution in [0, 0.1) is 11.6 Å². The van der Waals surface area contributed by atoms with Gasteiger partial charge in [-0.3, -0.25) is 4.98 Å². The number of nitrogens with zero attached hydrogens (tertiary/aromatic N) is 3. The number of esters is 1. The molecule has 0 saturated heterocycles. The minimum absolute atomic E-state index is 0.0252. The highest BCUT2D eigenvalue weighted by Crippen LogP contribution is 2.36. The van der Waals surface area contributed by atoms with Crippen LogP contribution >= 0.6 is 0 Å². The smallest absolute Gasteiger partial charge is 0.345 e. The maximum absolute atomic E-state index is 15.0. The normalized spacial score (nSPS) is 10.7. The van der Waals surface area contributed by atoms with E-state index in [4.69, 9.17) is 9.47 Å². The fraction of sp³-hybridized carbons (Fsp3) is 0.211. The number of rotatable bonds is 5. The highest BCUT2D eigenvalue weighted by atomic mass is 19.1. The zero-order valence-electron chi connectivity index (χ0n) is 15.0. The summed E-state index contributed by atoms with van der Waals surface area (Å²) in [5.74, 6) is -3.07. The van der Waals surface area contributed by atoms with Gasteiger partial charge in [-0.2, -0.15) is 0 Å². The second kappa shape index (κ2) is 7.53. The zero-order valence-corrected chi connectivity index (χ0v) is 15.0. The van der Waals surface area contributed by atoms with E-state index in [0.717, 1.165) is 13.2 Å². The molecule has 0 aliphatic rings. The van der Waals surface area contributed by atoms with Gasteiger partial charge in [0.2, 0.25) is 0 Å². The van der Waals surface area contributed by atoms with Crippen LogP contribution in [-0.2, 0) is 4.74 Å². The van der Waals surface area contributed by atoms with Gasteiger partial charge in [-0.1, -0.05) is 12.1 Å². The number of methoxy groups -OCH3 is 1. The van der Waals surface area contributed by atoms with Gasteiger partial charge >= 0.3 is 5.97 Å². The summed E-state index contributed by atoms with van der Waals surface area (Å²) in [6.07, 6.45) is 1.45. The molecule has 0 unspecified atom stereocenters. The van der Waals surface area contributed by atoms with Crippen molar-refractivity contribution in [3.05, 3.63) is 53.7 Å². The molecule has 0 saturated carbocycles. The van der Waals surface area contributed by atoms with E-state index in [0.29, 0.717) is 16.9 Å². The molecular formula is C19H17F2N3O3. The van der Waals surface area contributed by atoms with Crippen LogP contribution in [-0.4, -0.2) is 36.7 Å². The Bertz CT molecular complexity index is 1010. The molecule has 0 N–H and O–H groups in total. The third-order valence-electron chi connectivity index (χ3n) is 3.98. The molecule has 3 aromatic rings. The molecule has 140 valence electrons. The van der Waals surface area contributed by atoms with Crippen molar-refractivity contribution in [3.63, 3.8) is 0 Å². The molecule has 0 amide bonds. The molecule has 27 heavy (non-hydrogen) atoms. The van der Waals surface area contributed by atoms with E-state index in [2.05, 4.69) is 9.97 Å². The highest BCUT2D eigenvalue weighted by molar-refractivity contribution is 5.94. The van der Waals surface area contributed by atoms with Crippen LogP contribution in [0.5, 0.6) is 5.75 Å². The zero-order chi connectivity index (χ0) is 19.6. The lowest BCUT2D eigenvalue weighted by Crippen LogP contribution is -2.17. The standard InChI is InChI=1S/C19H17F2N3O3/c1-4-27-19(25)16-11(20)9-14(17(21)18(16)26-3)24(2)15-10-22-12-7-5-6-8-13(12)23-15/h5-10H,4H2,1-3H3. The first-order chi connectivity index (χ1) is 13.0. The first-order valence-corrected chi connectivity index (χ1v) is 8.16. The summed E-state index contributed by atoms with van der Waals surface area (Å²) in [5.41, 5.74) is 0.551. The average Bonchev–Trinajstić information content (AvgIpc) is 2.68. The number of ether oxygens (including phenoxy) is 2. The van der Waals surface area contributed by atoms with E-state index in [1.54, 1.807) is 25.1 Å².